The number of nitrogens with one attached hydrogen (secondary N) is 2. The molecule has 0 aliphatic rings. The molecule has 0 amide bonds. The van der Waals surface area contributed by atoms with Gasteiger partial charge in [0.2, 0.25) is 0 Å². The summed E-state index contributed by atoms with van der Waals surface area (Å²) in [6, 6.07) is 40.0. The van der Waals surface area contributed by atoms with E-state index < -0.39 is 0 Å². The van der Waals surface area contributed by atoms with Crippen molar-refractivity contribution in [1.82, 2.24) is 14.5 Å². The van der Waals surface area contributed by atoms with E-state index in [-0.39, 0.29) is 5.56 Å². The molecule has 4 heteroatoms. The minimum absolute atomic E-state index is 0.0708. The first-order chi connectivity index (χ1) is 18.3. The van der Waals surface area contributed by atoms with Crippen LogP contribution in [-0.2, 0) is 0 Å². The second-order valence-corrected chi connectivity index (χ2v) is 9.56. The minimum atomic E-state index is -0.0708. The molecule has 0 radical (unpaired) electrons. The van der Waals surface area contributed by atoms with Crippen molar-refractivity contribution in [2.75, 3.05) is 0 Å². The average molecular weight is 476 g/mol. The zero-order valence-corrected chi connectivity index (χ0v) is 19.8. The summed E-state index contributed by atoms with van der Waals surface area (Å²) in [4.78, 5) is 19.6. The van der Waals surface area contributed by atoms with Gasteiger partial charge in [0.05, 0.1) is 27.5 Å². The average Bonchev–Trinajstić information content (AvgIpc) is 3.49. The molecule has 0 aliphatic heterocycles. The molecule has 8 rings (SSSR count). The number of benzene rings is 5. The van der Waals surface area contributed by atoms with Crippen LogP contribution in [0.1, 0.15) is 0 Å². The minimum Gasteiger partial charge on any atom is -0.354 e. The van der Waals surface area contributed by atoms with E-state index in [0.29, 0.717) is 5.39 Å². The molecule has 0 bridgehead atoms. The molecule has 5 aromatic carbocycles. The summed E-state index contributed by atoms with van der Waals surface area (Å²) in [5.74, 6) is 0. The van der Waals surface area contributed by atoms with Crippen LogP contribution in [0.25, 0.3) is 71.3 Å². The van der Waals surface area contributed by atoms with Crippen molar-refractivity contribution in [2.45, 2.75) is 0 Å². The smallest absolute Gasteiger partial charge is 0.258 e. The number of hydrogen-bond acceptors (Lipinski definition) is 1. The number of para-hydroxylation sites is 3. The van der Waals surface area contributed by atoms with Gasteiger partial charge in [0.15, 0.2) is 0 Å². The maximum Gasteiger partial charge on any atom is 0.258 e. The summed E-state index contributed by atoms with van der Waals surface area (Å²) in [5.41, 5.74) is 8.32. The first-order valence-corrected chi connectivity index (χ1v) is 12.4. The van der Waals surface area contributed by atoms with Crippen molar-refractivity contribution in [1.29, 1.82) is 0 Å². The van der Waals surface area contributed by atoms with Crippen molar-refractivity contribution < 1.29 is 0 Å². The molecule has 0 atom stereocenters. The summed E-state index contributed by atoms with van der Waals surface area (Å²) < 4.78 is 2.32. The highest BCUT2D eigenvalue weighted by Gasteiger charge is 2.15. The Morgan fingerprint density at radius 3 is 2.03 bits per heavy atom. The van der Waals surface area contributed by atoms with E-state index >= 15 is 0 Å². The van der Waals surface area contributed by atoms with E-state index in [1.165, 1.54) is 21.8 Å². The Hall–Kier alpha value is -5.09. The lowest BCUT2D eigenvalue weighted by molar-refractivity contribution is 1.18. The SMILES string of the molecule is O=c1[nH]c2ccccc2c2[nH]c3ccc(-c4ccc5c(c4)c4ccccc4n5-c4ccccc4)cc3c12. The fraction of sp³-hybridized carbons (Fsp3) is 0. The third kappa shape index (κ3) is 2.87. The molecule has 2 N–H and O–H groups in total. The monoisotopic (exact) mass is 475 g/mol. The lowest BCUT2D eigenvalue weighted by Crippen LogP contribution is -2.05. The molecule has 37 heavy (non-hydrogen) atoms. The molecule has 3 aromatic heterocycles. The van der Waals surface area contributed by atoms with Gasteiger partial charge in [-0.3, -0.25) is 4.79 Å². The molecular formula is C33H21N3O. The van der Waals surface area contributed by atoms with Gasteiger partial charge in [-0.1, -0.05) is 66.7 Å². The Balaban J connectivity index is 1.38. The van der Waals surface area contributed by atoms with Gasteiger partial charge in [0.1, 0.15) is 0 Å². The predicted molar refractivity (Wildman–Crippen MR) is 154 cm³/mol. The summed E-state index contributed by atoms with van der Waals surface area (Å²) >= 11 is 0. The highest BCUT2D eigenvalue weighted by atomic mass is 16.1. The maximum atomic E-state index is 13.1. The molecule has 0 spiro atoms. The van der Waals surface area contributed by atoms with Crippen LogP contribution < -0.4 is 5.56 Å². The normalized spacial score (nSPS) is 11.9. The Morgan fingerprint density at radius 1 is 0.514 bits per heavy atom. The largest absolute Gasteiger partial charge is 0.354 e. The van der Waals surface area contributed by atoms with Crippen LogP contribution in [0.2, 0.25) is 0 Å². The quantitative estimate of drug-likeness (QED) is 0.262. The van der Waals surface area contributed by atoms with Crippen LogP contribution >= 0.6 is 0 Å². The lowest BCUT2D eigenvalue weighted by atomic mass is 10.0. The number of aromatic amines is 2. The number of aromatic nitrogens is 3. The van der Waals surface area contributed by atoms with Gasteiger partial charge in [0.25, 0.3) is 5.56 Å². The standard InChI is InChI=1S/C33H21N3O/c37-33-31-26-19-20(14-16-28(26)34-32(31)24-11-4-6-12-27(24)35-33)21-15-17-30-25(18-21)23-10-5-7-13-29(23)36(30)22-8-2-1-3-9-22/h1-19,34H,(H,35,37). The van der Waals surface area contributed by atoms with Gasteiger partial charge in [-0.15, -0.1) is 0 Å². The van der Waals surface area contributed by atoms with Crippen LogP contribution in [-0.4, -0.2) is 14.5 Å². The highest BCUT2D eigenvalue weighted by molar-refractivity contribution is 6.16. The fourth-order valence-electron chi connectivity index (χ4n) is 5.81. The molecule has 0 saturated carbocycles. The third-order valence-corrected chi connectivity index (χ3v) is 7.49. The molecular weight excluding hydrogens is 454 g/mol. The lowest BCUT2D eigenvalue weighted by Gasteiger charge is -2.08. The molecule has 0 fully saturated rings. The molecule has 8 aromatic rings. The molecule has 0 saturated heterocycles. The fourth-order valence-corrected chi connectivity index (χ4v) is 5.81. The Bertz CT molecular complexity index is 2210. The van der Waals surface area contributed by atoms with Crippen LogP contribution in [0.5, 0.6) is 0 Å². The van der Waals surface area contributed by atoms with Crippen LogP contribution in [0, 0.1) is 0 Å². The number of fused-ring (bicyclic) bond motifs is 8. The number of hydrogen-bond donors (Lipinski definition) is 2. The summed E-state index contributed by atoms with van der Waals surface area (Å²) in [6.45, 7) is 0. The number of pyridine rings is 1. The molecule has 0 aliphatic carbocycles. The van der Waals surface area contributed by atoms with E-state index in [0.717, 1.165) is 44.1 Å². The van der Waals surface area contributed by atoms with E-state index in [1.807, 2.05) is 30.3 Å². The van der Waals surface area contributed by atoms with Gasteiger partial charge < -0.3 is 14.5 Å². The van der Waals surface area contributed by atoms with Crippen molar-refractivity contribution >= 4 is 54.5 Å². The number of H-pyrrole nitrogens is 2. The number of nitrogens with zero attached hydrogens (tertiary/aromatic N) is 1. The van der Waals surface area contributed by atoms with Gasteiger partial charge in [0, 0.05) is 32.7 Å². The third-order valence-electron chi connectivity index (χ3n) is 7.49. The molecule has 4 nitrogen and oxygen atoms in total. The summed E-state index contributed by atoms with van der Waals surface area (Å²) in [5, 5.41) is 5.09. The second-order valence-electron chi connectivity index (χ2n) is 9.56. The van der Waals surface area contributed by atoms with Crippen molar-refractivity contribution in [2.24, 2.45) is 0 Å². The van der Waals surface area contributed by atoms with E-state index in [1.54, 1.807) is 0 Å². The summed E-state index contributed by atoms with van der Waals surface area (Å²) in [6.07, 6.45) is 0. The van der Waals surface area contributed by atoms with Crippen molar-refractivity contribution in [3.8, 4) is 16.8 Å². The predicted octanol–water partition coefficient (Wildman–Crippen LogP) is 7.93. The van der Waals surface area contributed by atoms with Crippen molar-refractivity contribution in [3.05, 3.63) is 126 Å². The second kappa shape index (κ2) is 7.45. The van der Waals surface area contributed by atoms with Gasteiger partial charge >= 0.3 is 0 Å². The molecule has 3 heterocycles. The van der Waals surface area contributed by atoms with Crippen LogP contribution in [0.3, 0.4) is 0 Å². The van der Waals surface area contributed by atoms with E-state index in [9.17, 15) is 4.79 Å². The van der Waals surface area contributed by atoms with Gasteiger partial charge in [-0.25, -0.2) is 0 Å². The number of rotatable bonds is 2. The topological polar surface area (TPSA) is 53.6 Å². The highest BCUT2D eigenvalue weighted by Crippen LogP contribution is 2.36. The summed E-state index contributed by atoms with van der Waals surface area (Å²) in [7, 11) is 0. The zero-order valence-electron chi connectivity index (χ0n) is 19.8. The zero-order chi connectivity index (χ0) is 24.5. The first kappa shape index (κ1) is 20.1. The van der Waals surface area contributed by atoms with E-state index in [2.05, 4.69) is 99.5 Å². The van der Waals surface area contributed by atoms with Crippen molar-refractivity contribution in [3.63, 3.8) is 0 Å². The van der Waals surface area contributed by atoms with Gasteiger partial charge in [-0.2, -0.15) is 0 Å². The Morgan fingerprint density at radius 2 is 1.16 bits per heavy atom. The van der Waals surface area contributed by atoms with E-state index in [4.69, 9.17) is 0 Å². The Kier molecular flexibility index (Phi) is 4.06. The van der Waals surface area contributed by atoms with Crippen LogP contribution in [0.4, 0.5) is 0 Å². The molecule has 174 valence electrons. The van der Waals surface area contributed by atoms with Crippen LogP contribution in [0.15, 0.2) is 120 Å². The maximum absolute atomic E-state index is 13.1. The molecule has 0 unspecified atom stereocenters. The Labute approximate surface area is 211 Å². The van der Waals surface area contributed by atoms with Gasteiger partial charge in [-0.05, 0) is 59.7 Å². The first-order valence-electron chi connectivity index (χ1n) is 12.4.